The Morgan fingerprint density at radius 1 is 1.40 bits per heavy atom. The van der Waals surface area contributed by atoms with E-state index >= 15 is 0 Å². The summed E-state index contributed by atoms with van der Waals surface area (Å²) in [7, 11) is 0. The lowest BCUT2D eigenvalue weighted by molar-refractivity contribution is -0.148. The summed E-state index contributed by atoms with van der Waals surface area (Å²) in [6.45, 7) is 10.9. The molecule has 1 aliphatic rings. The van der Waals surface area contributed by atoms with Crippen molar-refractivity contribution < 1.29 is 14.3 Å². The smallest absolute Gasteiger partial charge is 0.256 e. The number of amides is 1. The summed E-state index contributed by atoms with van der Waals surface area (Å²) in [5.41, 5.74) is 1.14. The van der Waals surface area contributed by atoms with Gasteiger partial charge in [-0.3, -0.25) is 4.79 Å². The van der Waals surface area contributed by atoms with Crippen LogP contribution in [0.25, 0.3) is 0 Å². The molecule has 1 aromatic carbocycles. The number of carbonyl (C=O) groups is 1. The van der Waals surface area contributed by atoms with Crippen LogP contribution in [-0.2, 0) is 9.53 Å². The summed E-state index contributed by atoms with van der Waals surface area (Å²) in [5.74, 6) is 1.36. The van der Waals surface area contributed by atoms with E-state index in [1.807, 2.05) is 39.0 Å². The van der Waals surface area contributed by atoms with Crippen LogP contribution in [0.1, 0.15) is 65.4 Å². The van der Waals surface area contributed by atoms with Crippen molar-refractivity contribution in [3.8, 4) is 5.75 Å². The van der Waals surface area contributed by atoms with Crippen molar-refractivity contribution in [1.82, 2.24) is 0 Å². The van der Waals surface area contributed by atoms with E-state index in [0.717, 1.165) is 42.7 Å². The first kappa shape index (κ1) is 19.8. The number of hydrogen-bond acceptors (Lipinski definition) is 3. The summed E-state index contributed by atoms with van der Waals surface area (Å²) in [6, 6.07) is 5.80. The van der Waals surface area contributed by atoms with Crippen LogP contribution in [0.15, 0.2) is 18.2 Å². The lowest BCUT2D eigenvalue weighted by atomic mass is 9.78. The van der Waals surface area contributed by atoms with Crippen LogP contribution < -0.4 is 10.1 Å². The Kier molecular flexibility index (Phi) is 6.88. The summed E-state index contributed by atoms with van der Waals surface area (Å²) in [4.78, 5) is 13.0. The molecule has 4 heteroatoms. The highest BCUT2D eigenvalue weighted by Crippen LogP contribution is 2.36. The fourth-order valence-corrected chi connectivity index (χ4v) is 3.56. The zero-order chi connectivity index (χ0) is 18.4. The van der Waals surface area contributed by atoms with Gasteiger partial charge in [0.25, 0.3) is 5.91 Å². The molecule has 0 unspecified atom stereocenters. The number of hydrogen-bond donors (Lipinski definition) is 1. The second-order valence-corrected chi connectivity index (χ2v) is 7.65. The Balaban J connectivity index is 2.13. The molecular formula is C21H33NO3. The first-order chi connectivity index (χ1) is 11.9. The van der Waals surface area contributed by atoms with Crippen LogP contribution in [0.4, 0.5) is 5.69 Å². The molecule has 0 radical (unpaired) electrons. The van der Waals surface area contributed by atoms with Crippen LogP contribution in [-0.4, -0.2) is 24.2 Å². The minimum atomic E-state index is -0.686. The van der Waals surface area contributed by atoms with Gasteiger partial charge in [-0.25, -0.2) is 0 Å². The number of nitrogens with one attached hydrogen (secondary N) is 1. The maximum Gasteiger partial charge on any atom is 0.256 e. The Labute approximate surface area is 152 Å². The Morgan fingerprint density at radius 3 is 2.76 bits per heavy atom. The third-order valence-electron chi connectivity index (χ3n) is 4.75. The normalized spacial score (nSPS) is 23.5. The SMILES string of the molecule is CCCO[C@]1(C(=O)Nc2ccc(OC(C)C)c(C)c2)CCC[C@@H](C)C1. The number of benzene rings is 1. The van der Waals surface area contributed by atoms with Gasteiger partial charge >= 0.3 is 0 Å². The van der Waals surface area contributed by atoms with Crippen molar-refractivity contribution in [2.45, 2.75) is 78.4 Å². The minimum Gasteiger partial charge on any atom is -0.491 e. The molecule has 0 saturated heterocycles. The number of rotatable bonds is 7. The van der Waals surface area contributed by atoms with Crippen LogP contribution in [0.2, 0.25) is 0 Å². The summed E-state index contributed by atoms with van der Waals surface area (Å²) in [6.07, 6.45) is 4.87. The van der Waals surface area contributed by atoms with Crippen molar-refractivity contribution in [2.75, 3.05) is 11.9 Å². The average molecular weight is 347 g/mol. The van der Waals surface area contributed by atoms with E-state index in [-0.39, 0.29) is 12.0 Å². The van der Waals surface area contributed by atoms with E-state index in [2.05, 4.69) is 19.2 Å². The van der Waals surface area contributed by atoms with Gasteiger partial charge in [-0.2, -0.15) is 0 Å². The molecule has 1 saturated carbocycles. The molecule has 4 nitrogen and oxygen atoms in total. The minimum absolute atomic E-state index is 0.00979. The van der Waals surface area contributed by atoms with Crippen molar-refractivity contribution >= 4 is 11.6 Å². The lowest BCUT2D eigenvalue weighted by Gasteiger charge is -2.38. The molecule has 0 spiro atoms. The summed E-state index contributed by atoms with van der Waals surface area (Å²) >= 11 is 0. The molecule has 0 aromatic heterocycles. The first-order valence-corrected chi connectivity index (χ1v) is 9.59. The van der Waals surface area contributed by atoms with Crippen molar-refractivity contribution in [1.29, 1.82) is 0 Å². The second kappa shape index (κ2) is 8.70. The molecule has 1 N–H and O–H groups in total. The van der Waals surface area contributed by atoms with Crippen LogP contribution in [0.5, 0.6) is 5.75 Å². The predicted molar refractivity (Wildman–Crippen MR) is 102 cm³/mol. The zero-order valence-corrected chi connectivity index (χ0v) is 16.4. The van der Waals surface area contributed by atoms with Crippen molar-refractivity contribution in [2.24, 2.45) is 5.92 Å². The van der Waals surface area contributed by atoms with Crippen molar-refractivity contribution in [3.63, 3.8) is 0 Å². The number of anilines is 1. The van der Waals surface area contributed by atoms with Crippen LogP contribution in [0, 0.1) is 12.8 Å². The predicted octanol–water partition coefficient (Wildman–Crippen LogP) is 5.10. The molecule has 1 amide bonds. The van der Waals surface area contributed by atoms with Gasteiger partial charge in [-0.1, -0.05) is 20.3 Å². The molecule has 1 aliphatic carbocycles. The van der Waals surface area contributed by atoms with Gasteiger partial charge in [-0.15, -0.1) is 0 Å². The number of ether oxygens (including phenoxy) is 2. The molecule has 1 fully saturated rings. The molecule has 2 atom stereocenters. The van der Waals surface area contributed by atoms with E-state index in [0.29, 0.717) is 12.5 Å². The number of aryl methyl sites for hydroxylation is 1. The van der Waals surface area contributed by atoms with Gasteiger partial charge < -0.3 is 14.8 Å². The summed E-state index contributed by atoms with van der Waals surface area (Å²) < 4.78 is 11.9. The van der Waals surface area contributed by atoms with Gasteiger partial charge in [0.1, 0.15) is 11.4 Å². The molecule has 2 rings (SSSR count). The fraction of sp³-hybridized carbons (Fsp3) is 0.667. The van der Waals surface area contributed by atoms with E-state index in [4.69, 9.17) is 9.47 Å². The third kappa shape index (κ3) is 5.21. The van der Waals surface area contributed by atoms with E-state index in [9.17, 15) is 4.79 Å². The Hall–Kier alpha value is -1.55. The largest absolute Gasteiger partial charge is 0.491 e. The molecule has 0 heterocycles. The van der Waals surface area contributed by atoms with Gasteiger partial charge in [-0.05, 0) is 76.1 Å². The maximum atomic E-state index is 13.0. The highest BCUT2D eigenvalue weighted by atomic mass is 16.5. The topological polar surface area (TPSA) is 47.6 Å². The second-order valence-electron chi connectivity index (χ2n) is 7.65. The lowest BCUT2D eigenvalue weighted by Crippen LogP contribution is -2.48. The molecule has 25 heavy (non-hydrogen) atoms. The maximum absolute atomic E-state index is 13.0. The Morgan fingerprint density at radius 2 is 2.16 bits per heavy atom. The standard InChI is InChI=1S/C21H33NO3/c1-6-12-24-21(11-7-8-16(4)14-21)20(23)22-18-9-10-19(17(5)13-18)25-15(2)3/h9-10,13,15-16H,6-8,11-12,14H2,1-5H3,(H,22,23)/t16-,21-/m1/s1. The highest BCUT2D eigenvalue weighted by Gasteiger charge is 2.42. The summed E-state index contributed by atoms with van der Waals surface area (Å²) in [5, 5.41) is 3.08. The molecule has 0 aliphatic heterocycles. The van der Waals surface area contributed by atoms with E-state index in [1.54, 1.807) is 0 Å². The van der Waals surface area contributed by atoms with Crippen molar-refractivity contribution in [3.05, 3.63) is 23.8 Å². The highest BCUT2D eigenvalue weighted by molar-refractivity contribution is 5.97. The number of carbonyl (C=O) groups excluding carboxylic acids is 1. The van der Waals surface area contributed by atoms with Crippen LogP contribution in [0.3, 0.4) is 0 Å². The van der Waals surface area contributed by atoms with Crippen LogP contribution >= 0.6 is 0 Å². The van der Waals surface area contributed by atoms with Gasteiger partial charge in [0.2, 0.25) is 0 Å². The Bertz CT molecular complexity index is 585. The average Bonchev–Trinajstić information content (AvgIpc) is 2.55. The quantitative estimate of drug-likeness (QED) is 0.747. The van der Waals surface area contributed by atoms with E-state index in [1.165, 1.54) is 6.42 Å². The molecular weight excluding hydrogens is 314 g/mol. The van der Waals surface area contributed by atoms with E-state index < -0.39 is 5.60 Å². The van der Waals surface area contributed by atoms with Gasteiger partial charge in [0, 0.05) is 12.3 Å². The zero-order valence-electron chi connectivity index (χ0n) is 16.4. The third-order valence-corrected chi connectivity index (χ3v) is 4.75. The molecule has 140 valence electrons. The monoisotopic (exact) mass is 347 g/mol. The molecule has 1 aromatic rings. The molecule has 0 bridgehead atoms. The van der Waals surface area contributed by atoms with Gasteiger partial charge in [0.05, 0.1) is 6.10 Å². The van der Waals surface area contributed by atoms with Gasteiger partial charge in [0.15, 0.2) is 0 Å². The fourth-order valence-electron chi connectivity index (χ4n) is 3.56. The first-order valence-electron chi connectivity index (χ1n) is 9.59.